The van der Waals surface area contributed by atoms with E-state index in [1.165, 1.54) is 0 Å². The molecule has 0 fully saturated rings. The number of rotatable bonds is 6. The Morgan fingerprint density at radius 1 is 1.38 bits per heavy atom. The van der Waals surface area contributed by atoms with Gasteiger partial charge in [-0.3, -0.25) is 10.0 Å². The van der Waals surface area contributed by atoms with Gasteiger partial charge in [0.25, 0.3) is 0 Å². The van der Waals surface area contributed by atoms with Crippen molar-refractivity contribution in [2.75, 3.05) is 31.5 Å². The lowest BCUT2D eigenvalue weighted by Crippen LogP contribution is -2.34. The zero-order valence-electron chi connectivity index (χ0n) is 12.3. The summed E-state index contributed by atoms with van der Waals surface area (Å²) < 4.78 is 0. The van der Waals surface area contributed by atoms with Gasteiger partial charge < -0.3 is 10.6 Å². The number of hydrazine groups is 1. The Morgan fingerprint density at radius 2 is 2.29 bits per heavy atom. The van der Waals surface area contributed by atoms with Crippen molar-refractivity contribution in [1.29, 1.82) is 0 Å². The van der Waals surface area contributed by atoms with Crippen molar-refractivity contribution in [3.63, 3.8) is 0 Å². The lowest BCUT2D eigenvalue weighted by Gasteiger charge is -2.19. The summed E-state index contributed by atoms with van der Waals surface area (Å²) in [6, 6.07) is 8.28. The molecular formula is C15H22N6. The Bertz CT molecular complexity index is 539. The molecule has 0 saturated heterocycles. The summed E-state index contributed by atoms with van der Waals surface area (Å²) in [6.45, 7) is 5.67. The fourth-order valence-electron chi connectivity index (χ4n) is 2.52. The van der Waals surface area contributed by atoms with E-state index in [0.29, 0.717) is 0 Å². The second-order valence-electron chi connectivity index (χ2n) is 5.19. The first-order valence-corrected chi connectivity index (χ1v) is 7.53. The van der Waals surface area contributed by atoms with E-state index in [2.05, 4.69) is 45.1 Å². The molecule has 0 aliphatic carbocycles. The molecule has 2 aliphatic heterocycles. The highest BCUT2D eigenvalue weighted by Crippen LogP contribution is 2.25. The summed E-state index contributed by atoms with van der Waals surface area (Å²) >= 11 is 0. The smallest absolute Gasteiger partial charge is 0.145 e. The van der Waals surface area contributed by atoms with Crippen molar-refractivity contribution >= 4 is 17.9 Å². The van der Waals surface area contributed by atoms with Crippen molar-refractivity contribution in [2.24, 2.45) is 9.98 Å². The zero-order valence-corrected chi connectivity index (χ0v) is 12.3. The van der Waals surface area contributed by atoms with Gasteiger partial charge >= 0.3 is 0 Å². The fraction of sp³-hybridized carbons (Fsp3) is 0.467. The number of amidine groups is 1. The first kappa shape index (κ1) is 13.9. The molecule has 0 bridgehead atoms. The molecule has 1 unspecified atom stereocenters. The predicted octanol–water partition coefficient (Wildman–Crippen LogP) is 1.36. The molecule has 2 aliphatic rings. The van der Waals surface area contributed by atoms with E-state index in [0.717, 1.165) is 49.7 Å². The number of para-hydroxylation sites is 1. The third-order valence-corrected chi connectivity index (χ3v) is 3.55. The Hall–Kier alpha value is -2.08. The molecule has 3 N–H and O–H groups in total. The van der Waals surface area contributed by atoms with Crippen LogP contribution in [0.3, 0.4) is 0 Å². The number of nitrogens with one attached hydrogen (secondary N) is 3. The molecule has 1 atom stereocenters. The number of nitrogens with zero attached hydrogens (tertiary/aromatic N) is 3. The van der Waals surface area contributed by atoms with Crippen LogP contribution in [0, 0.1) is 0 Å². The summed E-state index contributed by atoms with van der Waals surface area (Å²) in [5.74, 6) is 1.03. The quantitative estimate of drug-likeness (QED) is 0.739. The molecule has 0 aromatic heterocycles. The van der Waals surface area contributed by atoms with Gasteiger partial charge in [-0.05, 0) is 12.5 Å². The maximum atomic E-state index is 4.55. The van der Waals surface area contributed by atoms with Gasteiger partial charge in [-0.25, -0.2) is 10.4 Å². The lowest BCUT2D eigenvalue weighted by molar-refractivity contribution is 0.306. The zero-order chi connectivity index (χ0) is 14.5. The van der Waals surface area contributed by atoms with Crippen LogP contribution in [-0.4, -0.2) is 43.4 Å². The summed E-state index contributed by atoms with van der Waals surface area (Å²) in [7, 11) is 0. The molecular weight excluding hydrogens is 264 g/mol. The summed E-state index contributed by atoms with van der Waals surface area (Å²) in [5.41, 5.74) is 5.66. The molecule has 0 amide bonds. The summed E-state index contributed by atoms with van der Waals surface area (Å²) in [4.78, 5) is 8.95. The van der Waals surface area contributed by atoms with Gasteiger partial charge in [0.2, 0.25) is 0 Å². The summed E-state index contributed by atoms with van der Waals surface area (Å²) in [5, 5.41) is 8.77. The molecule has 3 rings (SSSR count). The van der Waals surface area contributed by atoms with Crippen LogP contribution in [0.5, 0.6) is 0 Å². The van der Waals surface area contributed by atoms with Crippen LogP contribution in [0.1, 0.15) is 25.1 Å². The van der Waals surface area contributed by atoms with Crippen LogP contribution in [0.4, 0.5) is 5.69 Å². The maximum Gasteiger partial charge on any atom is 0.145 e. The van der Waals surface area contributed by atoms with Crippen LogP contribution in [0.15, 0.2) is 34.3 Å². The minimum Gasteiger partial charge on any atom is -0.378 e. The molecule has 0 saturated carbocycles. The van der Waals surface area contributed by atoms with Crippen molar-refractivity contribution in [3.05, 3.63) is 29.8 Å². The van der Waals surface area contributed by atoms with Crippen molar-refractivity contribution in [2.45, 2.75) is 19.5 Å². The van der Waals surface area contributed by atoms with Gasteiger partial charge in [-0.2, -0.15) is 0 Å². The average Bonchev–Trinajstić information content (AvgIpc) is 3.17. The van der Waals surface area contributed by atoms with Gasteiger partial charge in [0.1, 0.15) is 18.3 Å². The summed E-state index contributed by atoms with van der Waals surface area (Å²) in [6.07, 6.45) is 2.96. The van der Waals surface area contributed by atoms with Crippen LogP contribution in [0.25, 0.3) is 0 Å². The van der Waals surface area contributed by atoms with Crippen LogP contribution >= 0.6 is 0 Å². The Labute approximate surface area is 125 Å². The largest absolute Gasteiger partial charge is 0.378 e. The minimum absolute atomic E-state index is 0.0151. The SMILES string of the molecule is CCCN1C=NC(c2ccccc2NCC2=NCCN2)N1. The number of hydrogen-bond acceptors (Lipinski definition) is 6. The number of hydrogen-bond donors (Lipinski definition) is 3. The fourth-order valence-corrected chi connectivity index (χ4v) is 2.52. The van der Waals surface area contributed by atoms with Gasteiger partial charge in [0.15, 0.2) is 0 Å². The average molecular weight is 286 g/mol. The van der Waals surface area contributed by atoms with Crippen molar-refractivity contribution in [3.8, 4) is 0 Å². The van der Waals surface area contributed by atoms with Gasteiger partial charge in [-0.1, -0.05) is 25.1 Å². The second kappa shape index (κ2) is 6.58. The second-order valence-corrected chi connectivity index (χ2v) is 5.19. The maximum absolute atomic E-state index is 4.55. The van der Waals surface area contributed by atoms with E-state index < -0.39 is 0 Å². The Morgan fingerprint density at radius 3 is 3.10 bits per heavy atom. The van der Waals surface area contributed by atoms with Crippen LogP contribution in [-0.2, 0) is 0 Å². The van der Waals surface area contributed by atoms with E-state index in [4.69, 9.17) is 0 Å². The molecule has 112 valence electrons. The van der Waals surface area contributed by atoms with Gasteiger partial charge in [-0.15, -0.1) is 0 Å². The highest BCUT2D eigenvalue weighted by Gasteiger charge is 2.20. The predicted molar refractivity (Wildman–Crippen MR) is 86.6 cm³/mol. The number of anilines is 1. The molecule has 6 nitrogen and oxygen atoms in total. The molecule has 1 aromatic carbocycles. The first-order valence-electron chi connectivity index (χ1n) is 7.53. The van der Waals surface area contributed by atoms with Crippen molar-refractivity contribution in [1.82, 2.24) is 15.8 Å². The first-order chi connectivity index (χ1) is 10.4. The van der Waals surface area contributed by atoms with Crippen molar-refractivity contribution < 1.29 is 0 Å². The molecule has 1 aromatic rings. The topological polar surface area (TPSA) is 64.0 Å². The van der Waals surface area contributed by atoms with Gasteiger partial charge in [0, 0.05) is 24.3 Å². The van der Waals surface area contributed by atoms with Crippen LogP contribution in [0.2, 0.25) is 0 Å². The molecule has 0 spiro atoms. The Kier molecular flexibility index (Phi) is 4.35. The molecule has 21 heavy (non-hydrogen) atoms. The third-order valence-electron chi connectivity index (χ3n) is 3.55. The highest BCUT2D eigenvalue weighted by molar-refractivity contribution is 5.87. The molecule has 0 radical (unpaired) electrons. The normalized spacial score (nSPS) is 20.5. The van der Waals surface area contributed by atoms with E-state index in [-0.39, 0.29) is 6.17 Å². The van der Waals surface area contributed by atoms with E-state index >= 15 is 0 Å². The lowest BCUT2D eigenvalue weighted by atomic mass is 10.1. The monoisotopic (exact) mass is 286 g/mol. The number of benzene rings is 1. The minimum atomic E-state index is -0.0151. The van der Waals surface area contributed by atoms with Crippen LogP contribution < -0.4 is 16.1 Å². The van der Waals surface area contributed by atoms with E-state index in [1.54, 1.807) is 0 Å². The van der Waals surface area contributed by atoms with E-state index in [9.17, 15) is 0 Å². The molecule has 6 heteroatoms. The Balaban J connectivity index is 1.66. The van der Waals surface area contributed by atoms with Gasteiger partial charge in [0.05, 0.1) is 13.1 Å². The van der Waals surface area contributed by atoms with E-state index in [1.807, 2.05) is 23.5 Å². The third kappa shape index (κ3) is 3.33. The molecule has 2 heterocycles. The standard InChI is InChI=1S/C15H22N6/c1-2-9-21-11-19-15(20-21)12-5-3-4-6-13(12)18-10-14-16-7-8-17-14/h3-6,11,15,18,20H,2,7-10H2,1H3,(H,16,17). The highest BCUT2D eigenvalue weighted by atomic mass is 15.6. The number of aliphatic imine (C=N–C) groups is 2.